The summed E-state index contributed by atoms with van der Waals surface area (Å²) in [7, 11) is 3.11. The molecule has 0 atom stereocenters. The summed E-state index contributed by atoms with van der Waals surface area (Å²) in [6, 6.07) is 13.1. The highest BCUT2D eigenvalue weighted by atomic mass is 16.5. The second-order valence-electron chi connectivity index (χ2n) is 6.59. The predicted octanol–water partition coefficient (Wildman–Crippen LogP) is 2.90. The zero-order valence-corrected chi connectivity index (χ0v) is 16.8. The Morgan fingerprint density at radius 3 is 2.62 bits per heavy atom. The highest BCUT2D eigenvalue weighted by Gasteiger charge is 2.17. The van der Waals surface area contributed by atoms with E-state index in [1.807, 2.05) is 30.5 Å². The minimum absolute atomic E-state index is 0.0973. The monoisotopic (exact) mass is 395 g/mol. The first-order chi connectivity index (χ1) is 14.0. The number of fused-ring (bicyclic) bond motifs is 1. The molecule has 0 aliphatic heterocycles. The van der Waals surface area contributed by atoms with Crippen molar-refractivity contribution in [2.75, 3.05) is 32.2 Å². The highest BCUT2D eigenvalue weighted by molar-refractivity contribution is 5.93. The van der Waals surface area contributed by atoms with Gasteiger partial charge in [-0.2, -0.15) is 0 Å². The van der Waals surface area contributed by atoms with Crippen LogP contribution in [0.4, 0.5) is 5.69 Å². The van der Waals surface area contributed by atoms with Gasteiger partial charge in [0.25, 0.3) is 0 Å². The SMILES string of the molecule is COc1ccc(N(CCNC(=O)Cc2c[nH]c3ccccc23)C(C)=O)c(OC)c1. The number of hydrogen-bond acceptors (Lipinski definition) is 4. The third-order valence-electron chi connectivity index (χ3n) is 4.74. The van der Waals surface area contributed by atoms with Crippen molar-refractivity contribution in [3.8, 4) is 11.5 Å². The summed E-state index contributed by atoms with van der Waals surface area (Å²) in [4.78, 5) is 29.3. The molecule has 0 fully saturated rings. The molecule has 0 unspecified atom stereocenters. The fourth-order valence-corrected chi connectivity index (χ4v) is 3.28. The first kappa shape index (κ1) is 20.3. The first-order valence-corrected chi connectivity index (χ1v) is 9.35. The number of rotatable bonds is 8. The van der Waals surface area contributed by atoms with E-state index < -0.39 is 0 Å². The molecule has 1 aromatic heterocycles. The van der Waals surface area contributed by atoms with E-state index in [1.54, 1.807) is 37.3 Å². The first-order valence-electron chi connectivity index (χ1n) is 9.35. The van der Waals surface area contributed by atoms with E-state index in [4.69, 9.17) is 9.47 Å². The lowest BCUT2D eigenvalue weighted by Crippen LogP contribution is -2.38. The Labute approximate surface area is 169 Å². The van der Waals surface area contributed by atoms with Gasteiger partial charge in [-0.25, -0.2) is 0 Å². The Kier molecular flexibility index (Phi) is 6.39. The van der Waals surface area contributed by atoms with Gasteiger partial charge < -0.3 is 24.7 Å². The molecule has 0 saturated carbocycles. The minimum atomic E-state index is -0.139. The molecule has 0 saturated heterocycles. The van der Waals surface area contributed by atoms with Crippen molar-refractivity contribution in [2.45, 2.75) is 13.3 Å². The molecule has 3 rings (SSSR count). The zero-order chi connectivity index (χ0) is 20.8. The number of ether oxygens (including phenoxy) is 2. The van der Waals surface area contributed by atoms with Crippen LogP contribution in [0, 0.1) is 0 Å². The second kappa shape index (κ2) is 9.14. The van der Waals surface area contributed by atoms with Gasteiger partial charge in [-0.05, 0) is 23.8 Å². The quantitative estimate of drug-likeness (QED) is 0.614. The molecule has 0 aliphatic rings. The number of aromatic amines is 1. The van der Waals surface area contributed by atoms with Crippen molar-refractivity contribution in [3.63, 3.8) is 0 Å². The third-order valence-corrected chi connectivity index (χ3v) is 4.74. The number of para-hydroxylation sites is 1. The van der Waals surface area contributed by atoms with Gasteiger partial charge in [0, 0.05) is 43.2 Å². The Morgan fingerprint density at radius 1 is 1.10 bits per heavy atom. The molecule has 1 heterocycles. The molecule has 2 amide bonds. The lowest BCUT2D eigenvalue weighted by atomic mass is 10.1. The van der Waals surface area contributed by atoms with Gasteiger partial charge in [-0.15, -0.1) is 0 Å². The summed E-state index contributed by atoms with van der Waals surface area (Å²) in [5.41, 5.74) is 2.58. The number of H-pyrrole nitrogens is 1. The van der Waals surface area contributed by atoms with Crippen LogP contribution in [-0.2, 0) is 16.0 Å². The number of aromatic nitrogens is 1. The number of methoxy groups -OCH3 is 2. The summed E-state index contributed by atoms with van der Waals surface area (Å²) < 4.78 is 10.6. The molecule has 7 nitrogen and oxygen atoms in total. The Morgan fingerprint density at radius 2 is 1.90 bits per heavy atom. The standard InChI is InChI=1S/C22H25N3O4/c1-15(26)25(20-9-8-17(28-2)13-21(20)29-3)11-10-23-22(27)12-16-14-24-19-7-5-4-6-18(16)19/h4-9,13-14,24H,10-12H2,1-3H3,(H,23,27). The van der Waals surface area contributed by atoms with E-state index in [0.29, 0.717) is 30.3 Å². The Hall–Kier alpha value is -3.48. The van der Waals surface area contributed by atoms with Crippen molar-refractivity contribution < 1.29 is 19.1 Å². The van der Waals surface area contributed by atoms with Crippen molar-refractivity contribution in [3.05, 3.63) is 54.2 Å². The van der Waals surface area contributed by atoms with Gasteiger partial charge in [0.05, 0.1) is 26.3 Å². The molecule has 7 heteroatoms. The summed E-state index contributed by atoms with van der Waals surface area (Å²) in [5, 5.41) is 3.93. The minimum Gasteiger partial charge on any atom is -0.497 e. The number of nitrogens with one attached hydrogen (secondary N) is 2. The number of hydrogen-bond donors (Lipinski definition) is 2. The molecule has 0 bridgehead atoms. The fourth-order valence-electron chi connectivity index (χ4n) is 3.28. The lowest BCUT2D eigenvalue weighted by molar-refractivity contribution is -0.121. The highest BCUT2D eigenvalue weighted by Crippen LogP contribution is 2.32. The molecule has 0 aliphatic carbocycles. The van der Waals surface area contributed by atoms with Gasteiger partial charge >= 0.3 is 0 Å². The van der Waals surface area contributed by atoms with Crippen molar-refractivity contribution >= 4 is 28.4 Å². The summed E-state index contributed by atoms with van der Waals surface area (Å²) in [5.74, 6) is 0.935. The van der Waals surface area contributed by atoms with Gasteiger partial charge in [0.2, 0.25) is 11.8 Å². The number of amides is 2. The van der Waals surface area contributed by atoms with Crippen molar-refractivity contribution in [1.82, 2.24) is 10.3 Å². The number of nitrogens with zero attached hydrogens (tertiary/aromatic N) is 1. The molecule has 3 aromatic rings. The third kappa shape index (κ3) is 4.68. The Balaban J connectivity index is 1.62. The van der Waals surface area contributed by atoms with Crippen LogP contribution >= 0.6 is 0 Å². The molecule has 0 spiro atoms. The maximum Gasteiger partial charge on any atom is 0.224 e. The average molecular weight is 395 g/mol. The Bertz CT molecular complexity index is 1010. The molecule has 152 valence electrons. The van der Waals surface area contributed by atoms with Crippen molar-refractivity contribution in [1.29, 1.82) is 0 Å². The van der Waals surface area contributed by atoms with E-state index >= 15 is 0 Å². The van der Waals surface area contributed by atoms with Crippen molar-refractivity contribution in [2.24, 2.45) is 0 Å². The van der Waals surface area contributed by atoms with E-state index in [9.17, 15) is 9.59 Å². The summed E-state index contributed by atoms with van der Waals surface area (Å²) in [6.45, 7) is 2.14. The number of carbonyl (C=O) groups is 2. The number of anilines is 1. The van der Waals surface area contributed by atoms with Crippen LogP contribution in [0.3, 0.4) is 0 Å². The van der Waals surface area contributed by atoms with Crippen LogP contribution in [0.25, 0.3) is 10.9 Å². The van der Waals surface area contributed by atoms with E-state index in [0.717, 1.165) is 16.5 Å². The maximum atomic E-state index is 12.4. The van der Waals surface area contributed by atoms with Gasteiger partial charge in [-0.3, -0.25) is 9.59 Å². The van der Waals surface area contributed by atoms with Crippen LogP contribution < -0.4 is 19.7 Å². The van der Waals surface area contributed by atoms with Crippen LogP contribution in [0.1, 0.15) is 12.5 Å². The van der Waals surface area contributed by atoms with Crippen LogP contribution in [0.2, 0.25) is 0 Å². The predicted molar refractivity (Wildman–Crippen MR) is 113 cm³/mol. The van der Waals surface area contributed by atoms with E-state index in [-0.39, 0.29) is 18.2 Å². The zero-order valence-electron chi connectivity index (χ0n) is 16.8. The maximum absolute atomic E-state index is 12.4. The van der Waals surface area contributed by atoms with E-state index in [1.165, 1.54) is 6.92 Å². The summed E-state index contributed by atoms with van der Waals surface area (Å²) >= 11 is 0. The molecular weight excluding hydrogens is 370 g/mol. The van der Waals surface area contributed by atoms with Crippen LogP contribution in [0.15, 0.2) is 48.7 Å². The molecule has 0 radical (unpaired) electrons. The normalized spacial score (nSPS) is 10.6. The average Bonchev–Trinajstić information content (AvgIpc) is 3.13. The topological polar surface area (TPSA) is 83.7 Å². The molecule has 2 N–H and O–H groups in total. The van der Waals surface area contributed by atoms with Crippen LogP contribution in [0.5, 0.6) is 11.5 Å². The van der Waals surface area contributed by atoms with Crippen LogP contribution in [-0.4, -0.2) is 44.1 Å². The fraction of sp³-hybridized carbons (Fsp3) is 0.273. The molecular formula is C22H25N3O4. The molecule has 2 aromatic carbocycles. The summed E-state index contributed by atoms with van der Waals surface area (Å²) in [6.07, 6.45) is 2.13. The molecule has 29 heavy (non-hydrogen) atoms. The van der Waals surface area contributed by atoms with Gasteiger partial charge in [-0.1, -0.05) is 18.2 Å². The number of carbonyl (C=O) groups excluding carboxylic acids is 2. The second-order valence-corrected chi connectivity index (χ2v) is 6.59. The smallest absolute Gasteiger partial charge is 0.224 e. The van der Waals surface area contributed by atoms with Gasteiger partial charge in [0.15, 0.2) is 0 Å². The lowest BCUT2D eigenvalue weighted by Gasteiger charge is -2.23. The largest absolute Gasteiger partial charge is 0.497 e. The van der Waals surface area contributed by atoms with E-state index in [2.05, 4.69) is 10.3 Å². The van der Waals surface area contributed by atoms with Gasteiger partial charge in [0.1, 0.15) is 11.5 Å². The number of benzene rings is 2.